The van der Waals surface area contributed by atoms with Crippen molar-refractivity contribution in [1.29, 1.82) is 0 Å². The second-order valence-corrected chi connectivity index (χ2v) is 5.36. The van der Waals surface area contributed by atoms with Crippen molar-refractivity contribution in [3.05, 3.63) is 0 Å². The monoisotopic (exact) mass is 181 g/mol. The molecule has 13 heavy (non-hydrogen) atoms. The van der Waals surface area contributed by atoms with Gasteiger partial charge in [0, 0.05) is 0 Å². The summed E-state index contributed by atoms with van der Waals surface area (Å²) in [4.78, 5) is 0. The molecule has 0 amide bonds. The zero-order valence-electron chi connectivity index (χ0n) is 8.89. The van der Waals surface area contributed by atoms with Crippen LogP contribution in [0.15, 0.2) is 0 Å². The van der Waals surface area contributed by atoms with E-state index in [9.17, 15) is 0 Å². The van der Waals surface area contributed by atoms with E-state index in [1.807, 2.05) is 0 Å². The Hall–Kier alpha value is -0.0400. The molecule has 1 unspecified atom stereocenters. The van der Waals surface area contributed by atoms with Crippen LogP contribution >= 0.6 is 0 Å². The van der Waals surface area contributed by atoms with E-state index in [1.165, 1.54) is 44.9 Å². The fourth-order valence-electron chi connectivity index (χ4n) is 3.68. The van der Waals surface area contributed by atoms with Crippen LogP contribution in [-0.2, 0) is 0 Å². The van der Waals surface area contributed by atoms with E-state index in [1.54, 1.807) is 0 Å². The molecule has 2 fully saturated rings. The van der Waals surface area contributed by atoms with Crippen molar-refractivity contribution in [3.8, 4) is 0 Å². The van der Waals surface area contributed by atoms with Gasteiger partial charge in [-0.3, -0.25) is 0 Å². The molecule has 0 radical (unpaired) electrons. The summed E-state index contributed by atoms with van der Waals surface area (Å²) in [6, 6.07) is 0. The average molecular weight is 181 g/mol. The first-order chi connectivity index (χ1) is 6.28. The van der Waals surface area contributed by atoms with E-state index in [4.69, 9.17) is 5.73 Å². The maximum Gasteiger partial charge on any atom is -0.00204 e. The van der Waals surface area contributed by atoms with E-state index in [-0.39, 0.29) is 0 Å². The minimum absolute atomic E-state index is 0.536. The molecule has 1 heteroatoms. The summed E-state index contributed by atoms with van der Waals surface area (Å²) in [6.45, 7) is 3.25. The van der Waals surface area contributed by atoms with Crippen molar-refractivity contribution in [2.45, 2.75) is 51.9 Å². The molecule has 76 valence electrons. The van der Waals surface area contributed by atoms with Gasteiger partial charge in [0.25, 0.3) is 0 Å². The van der Waals surface area contributed by atoms with E-state index in [0.717, 1.165) is 18.4 Å². The summed E-state index contributed by atoms with van der Waals surface area (Å²) in [5.74, 6) is 2.05. The normalized spacial score (nSPS) is 44.8. The van der Waals surface area contributed by atoms with Crippen molar-refractivity contribution in [1.82, 2.24) is 0 Å². The lowest BCUT2D eigenvalue weighted by Gasteiger charge is -2.46. The molecule has 2 saturated carbocycles. The molecule has 2 aliphatic rings. The molecule has 2 aliphatic carbocycles. The molecule has 2 rings (SSSR count). The highest BCUT2D eigenvalue weighted by molar-refractivity contribution is 4.92. The molecule has 1 nitrogen and oxygen atoms in total. The van der Waals surface area contributed by atoms with Gasteiger partial charge in [-0.15, -0.1) is 0 Å². The first-order valence-electron chi connectivity index (χ1n) is 5.98. The molecule has 0 heterocycles. The Bertz CT molecular complexity index is 158. The van der Waals surface area contributed by atoms with E-state index in [2.05, 4.69) is 6.92 Å². The van der Waals surface area contributed by atoms with Gasteiger partial charge in [0.05, 0.1) is 0 Å². The van der Waals surface area contributed by atoms with E-state index < -0.39 is 0 Å². The molecule has 0 aliphatic heterocycles. The lowest BCUT2D eigenvalue weighted by molar-refractivity contribution is 0.0579. The molecule has 0 aromatic rings. The van der Waals surface area contributed by atoms with Crippen LogP contribution in [0.3, 0.4) is 0 Å². The predicted molar refractivity (Wildman–Crippen MR) is 56.5 cm³/mol. The molecule has 0 aromatic carbocycles. The fourth-order valence-corrected chi connectivity index (χ4v) is 3.68. The maximum absolute atomic E-state index is 5.95. The number of nitrogens with two attached hydrogens (primary N) is 1. The Balaban J connectivity index is 2.07. The van der Waals surface area contributed by atoms with Crippen LogP contribution in [0.25, 0.3) is 0 Å². The van der Waals surface area contributed by atoms with Crippen molar-refractivity contribution in [3.63, 3.8) is 0 Å². The standard InChI is InChI=1S/C12H23N/c1-2-12(9-13)7-10-4-3-5-11(6-10)8-12/h10-11H,2-9,13H2,1H3/t10-,11+,12?. The van der Waals surface area contributed by atoms with Gasteiger partial charge in [-0.05, 0) is 49.5 Å². The zero-order valence-corrected chi connectivity index (χ0v) is 8.89. The van der Waals surface area contributed by atoms with Crippen molar-refractivity contribution < 1.29 is 0 Å². The highest BCUT2D eigenvalue weighted by Crippen LogP contribution is 2.49. The van der Waals surface area contributed by atoms with Gasteiger partial charge in [-0.1, -0.05) is 26.2 Å². The topological polar surface area (TPSA) is 26.0 Å². The molecular weight excluding hydrogens is 158 g/mol. The first kappa shape index (κ1) is 9.51. The third kappa shape index (κ3) is 1.76. The van der Waals surface area contributed by atoms with Crippen LogP contribution in [-0.4, -0.2) is 6.54 Å². The summed E-state index contributed by atoms with van der Waals surface area (Å²) in [5.41, 5.74) is 6.49. The van der Waals surface area contributed by atoms with Gasteiger partial charge in [-0.2, -0.15) is 0 Å². The molecular formula is C12H23N. The van der Waals surface area contributed by atoms with E-state index >= 15 is 0 Å². The van der Waals surface area contributed by atoms with Gasteiger partial charge in [0.2, 0.25) is 0 Å². The Morgan fingerprint density at radius 1 is 1.23 bits per heavy atom. The SMILES string of the molecule is CCC1(CN)C[C@@H]2CCC[C@@H](C2)C1. The van der Waals surface area contributed by atoms with Crippen molar-refractivity contribution >= 4 is 0 Å². The van der Waals surface area contributed by atoms with Crippen molar-refractivity contribution in [2.75, 3.05) is 6.54 Å². The predicted octanol–water partition coefficient (Wildman–Crippen LogP) is 2.94. The summed E-state index contributed by atoms with van der Waals surface area (Å²) >= 11 is 0. The number of hydrogen-bond donors (Lipinski definition) is 1. The van der Waals surface area contributed by atoms with Gasteiger partial charge in [0.15, 0.2) is 0 Å². The minimum atomic E-state index is 0.536. The average Bonchev–Trinajstić information content (AvgIpc) is 2.17. The molecule has 0 saturated heterocycles. The molecule has 2 bridgehead atoms. The Kier molecular flexibility index (Phi) is 2.64. The fraction of sp³-hybridized carbons (Fsp3) is 1.00. The molecule has 3 atom stereocenters. The Morgan fingerprint density at radius 2 is 1.85 bits per heavy atom. The molecule has 0 aromatic heterocycles. The number of fused-ring (bicyclic) bond motifs is 2. The quantitative estimate of drug-likeness (QED) is 0.696. The second kappa shape index (κ2) is 3.61. The van der Waals surface area contributed by atoms with Gasteiger partial charge < -0.3 is 5.73 Å². The van der Waals surface area contributed by atoms with Crippen LogP contribution in [0.5, 0.6) is 0 Å². The largest absolute Gasteiger partial charge is 0.330 e. The van der Waals surface area contributed by atoms with Crippen LogP contribution in [0.1, 0.15) is 51.9 Å². The van der Waals surface area contributed by atoms with Crippen LogP contribution in [0, 0.1) is 17.3 Å². The summed E-state index contributed by atoms with van der Waals surface area (Å²) in [7, 11) is 0. The number of hydrogen-bond acceptors (Lipinski definition) is 1. The highest BCUT2D eigenvalue weighted by Gasteiger charge is 2.39. The summed E-state index contributed by atoms with van der Waals surface area (Å²) in [6.07, 6.45) is 10.1. The highest BCUT2D eigenvalue weighted by atomic mass is 14.6. The van der Waals surface area contributed by atoms with Gasteiger partial charge in [0.1, 0.15) is 0 Å². The molecule has 2 N–H and O–H groups in total. The lowest BCUT2D eigenvalue weighted by atomic mass is 9.60. The Morgan fingerprint density at radius 3 is 2.31 bits per heavy atom. The lowest BCUT2D eigenvalue weighted by Crippen LogP contribution is -2.40. The van der Waals surface area contributed by atoms with E-state index in [0.29, 0.717) is 5.41 Å². The third-order valence-electron chi connectivity index (χ3n) is 4.52. The van der Waals surface area contributed by atoms with Crippen LogP contribution in [0.2, 0.25) is 0 Å². The maximum atomic E-state index is 5.95. The van der Waals surface area contributed by atoms with Crippen molar-refractivity contribution in [2.24, 2.45) is 23.0 Å². The Labute approximate surface area is 82.1 Å². The van der Waals surface area contributed by atoms with Gasteiger partial charge in [-0.25, -0.2) is 0 Å². The third-order valence-corrected chi connectivity index (χ3v) is 4.52. The van der Waals surface area contributed by atoms with Gasteiger partial charge >= 0.3 is 0 Å². The number of rotatable bonds is 2. The molecule has 0 spiro atoms. The summed E-state index contributed by atoms with van der Waals surface area (Å²) < 4.78 is 0. The summed E-state index contributed by atoms with van der Waals surface area (Å²) in [5, 5.41) is 0. The zero-order chi connectivity index (χ0) is 9.31. The van der Waals surface area contributed by atoms with Crippen LogP contribution < -0.4 is 5.73 Å². The first-order valence-corrected chi connectivity index (χ1v) is 5.98. The van der Waals surface area contributed by atoms with Crippen LogP contribution in [0.4, 0.5) is 0 Å². The second-order valence-electron chi connectivity index (χ2n) is 5.36. The smallest absolute Gasteiger partial charge is 0.00204 e. The minimum Gasteiger partial charge on any atom is -0.330 e.